The fraction of sp³-hybridized carbons (Fsp3) is 0.375. The smallest absolute Gasteiger partial charge is 0.262 e. The quantitative estimate of drug-likeness (QED) is 0.101. The van der Waals surface area contributed by atoms with Crippen molar-refractivity contribution in [3.05, 3.63) is 106 Å². The van der Waals surface area contributed by atoms with Gasteiger partial charge in [0.15, 0.2) is 0 Å². The van der Waals surface area contributed by atoms with E-state index in [1.165, 1.54) is 12.8 Å². The summed E-state index contributed by atoms with van der Waals surface area (Å²) in [5.74, 6) is 0.653. The Kier molecular flexibility index (Phi) is 13.2. The van der Waals surface area contributed by atoms with E-state index in [1.54, 1.807) is 42.5 Å². The summed E-state index contributed by atoms with van der Waals surface area (Å²) in [6.45, 7) is 15.1. The number of benzene rings is 4. The Hall–Kier alpha value is -4.01. The fourth-order valence-corrected chi connectivity index (χ4v) is 7.41. The zero-order chi connectivity index (χ0) is 35.7. The number of nitrogens with one attached hydrogen (secondary N) is 3. The maximum atomic E-state index is 14.2. The van der Waals surface area contributed by atoms with Gasteiger partial charge in [-0.2, -0.15) is 0 Å². The molecule has 3 N–H and O–H groups in total. The van der Waals surface area contributed by atoms with Gasteiger partial charge in [-0.1, -0.05) is 91.5 Å². The summed E-state index contributed by atoms with van der Waals surface area (Å²) in [5, 5.41) is 6.85. The fourth-order valence-electron chi connectivity index (χ4n) is 5.53. The van der Waals surface area contributed by atoms with E-state index in [-0.39, 0.29) is 23.7 Å². The predicted octanol–water partition coefficient (Wildman–Crippen LogP) is 11.5. The number of rotatable bonds is 16. The Morgan fingerprint density at radius 3 is 1.92 bits per heavy atom. The minimum Gasteiger partial charge on any atom is -0.494 e. The van der Waals surface area contributed by atoms with Crippen LogP contribution < -0.4 is 20.1 Å². The molecule has 49 heavy (non-hydrogen) atoms. The molecule has 0 aliphatic heterocycles. The van der Waals surface area contributed by atoms with E-state index in [0.29, 0.717) is 39.2 Å². The van der Waals surface area contributed by atoms with Gasteiger partial charge in [0.25, 0.3) is 15.9 Å². The van der Waals surface area contributed by atoms with Crippen LogP contribution in [0.3, 0.4) is 0 Å². The third-order valence-electron chi connectivity index (χ3n) is 8.37. The van der Waals surface area contributed by atoms with Crippen molar-refractivity contribution >= 4 is 50.3 Å². The van der Waals surface area contributed by atoms with Crippen LogP contribution in [0.15, 0.2) is 83.8 Å². The van der Waals surface area contributed by atoms with E-state index >= 15 is 0 Å². The van der Waals surface area contributed by atoms with Crippen molar-refractivity contribution in [1.29, 1.82) is 0 Å². The number of hydrogen-bond acceptors (Lipinski definition) is 5. The Bertz CT molecular complexity index is 1790. The molecule has 0 unspecified atom stereocenters. The van der Waals surface area contributed by atoms with Crippen molar-refractivity contribution in [1.82, 2.24) is 0 Å². The van der Waals surface area contributed by atoms with Gasteiger partial charge in [0.2, 0.25) is 0 Å². The molecule has 9 heteroatoms. The van der Waals surface area contributed by atoms with E-state index in [2.05, 4.69) is 36.1 Å². The number of unbranched alkanes of at least 4 members (excludes halogenated alkanes) is 3. The molecule has 0 aliphatic carbocycles. The highest BCUT2D eigenvalue weighted by Gasteiger charge is 2.27. The van der Waals surface area contributed by atoms with Gasteiger partial charge in [-0.25, -0.2) is 8.42 Å². The van der Waals surface area contributed by atoms with Gasteiger partial charge in [-0.15, -0.1) is 0 Å². The number of anilines is 4. The largest absolute Gasteiger partial charge is 0.494 e. The van der Waals surface area contributed by atoms with Crippen molar-refractivity contribution in [3.8, 4) is 5.75 Å². The van der Waals surface area contributed by atoms with Crippen molar-refractivity contribution in [2.45, 2.75) is 96.8 Å². The second-order valence-corrected chi connectivity index (χ2v) is 15.4. The molecule has 0 fully saturated rings. The van der Waals surface area contributed by atoms with Crippen LogP contribution in [-0.2, 0) is 10.0 Å². The maximum Gasteiger partial charge on any atom is 0.262 e. The number of amides is 1. The molecule has 0 bridgehead atoms. The predicted molar refractivity (Wildman–Crippen MR) is 205 cm³/mol. The summed E-state index contributed by atoms with van der Waals surface area (Å²) in [6.07, 6.45) is 4.54. The zero-order valence-electron chi connectivity index (χ0n) is 29.7. The molecule has 0 radical (unpaired) electrons. The van der Waals surface area contributed by atoms with E-state index in [0.717, 1.165) is 41.0 Å². The zero-order valence-corrected chi connectivity index (χ0v) is 31.3. The van der Waals surface area contributed by atoms with Gasteiger partial charge in [-0.3, -0.25) is 9.52 Å². The first-order chi connectivity index (χ1) is 23.3. The molecule has 4 aromatic carbocycles. The molecule has 4 rings (SSSR count). The lowest BCUT2D eigenvalue weighted by molar-refractivity contribution is 0.102. The molecule has 0 atom stereocenters. The number of sulfonamides is 1. The van der Waals surface area contributed by atoms with Crippen LogP contribution >= 0.6 is 11.6 Å². The number of halogens is 1. The Morgan fingerprint density at radius 1 is 0.735 bits per heavy atom. The highest BCUT2D eigenvalue weighted by Crippen LogP contribution is 2.37. The molecule has 1 amide bonds. The molecular formula is C40H50ClN3O4S. The van der Waals surface area contributed by atoms with Gasteiger partial charge >= 0.3 is 0 Å². The van der Waals surface area contributed by atoms with Crippen LogP contribution in [0.25, 0.3) is 0 Å². The lowest BCUT2D eigenvalue weighted by Gasteiger charge is -2.23. The lowest BCUT2D eigenvalue weighted by Crippen LogP contribution is -2.19. The highest BCUT2D eigenvalue weighted by molar-refractivity contribution is 7.92. The molecule has 262 valence electrons. The number of carbonyl (C=O) groups excluding carboxylic acids is 1. The van der Waals surface area contributed by atoms with Crippen LogP contribution in [0.4, 0.5) is 22.7 Å². The van der Waals surface area contributed by atoms with Crippen LogP contribution in [0.2, 0.25) is 5.02 Å². The monoisotopic (exact) mass is 703 g/mol. The number of hydrogen-bond donors (Lipinski definition) is 3. The first-order valence-corrected chi connectivity index (χ1v) is 19.1. The Morgan fingerprint density at radius 2 is 1.35 bits per heavy atom. The summed E-state index contributed by atoms with van der Waals surface area (Å²) in [4.78, 5) is 13.7. The molecule has 0 heterocycles. The minimum absolute atomic E-state index is 0.0126. The Balaban J connectivity index is 1.67. The standard InChI is InChI=1S/C40H50ClN3O4S/c1-8-9-10-11-22-48-34-19-16-32(17-20-34)42-37-21-18-33(25-38(37)43-40(45)29-12-14-31(41)15-13-29)44-49(46,47)39-35(27(4)5)23-30(26(2)3)24-36(39)28(6)7/h12-21,23-28,42,44H,8-11,22H2,1-7H3,(H,43,45). The van der Waals surface area contributed by atoms with Crippen molar-refractivity contribution in [3.63, 3.8) is 0 Å². The summed E-state index contributed by atoms with van der Waals surface area (Å²) >= 11 is 6.05. The van der Waals surface area contributed by atoms with E-state index in [1.807, 2.05) is 64.1 Å². The summed E-state index contributed by atoms with van der Waals surface area (Å²) in [6, 6.07) is 23.3. The molecule has 0 aliphatic rings. The molecule has 0 spiro atoms. The normalized spacial score (nSPS) is 11.7. The average molecular weight is 704 g/mol. The van der Waals surface area contributed by atoms with Crippen LogP contribution in [0.1, 0.15) is 119 Å². The SMILES string of the molecule is CCCCCCOc1ccc(Nc2ccc(NS(=O)(=O)c3c(C(C)C)cc(C(C)C)cc3C(C)C)cc2NC(=O)c2ccc(Cl)cc2)cc1. The number of ether oxygens (including phenoxy) is 1. The summed E-state index contributed by atoms with van der Waals surface area (Å²) in [7, 11) is -4.01. The van der Waals surface area contributed by atoms with Crippen LogP contribution in [0.5, 0.6) is 5.75 Å². The van der Waals surface area contributed by atoms with Gasteiger partial charge in [0.05, 0.1) is 28.6 Å². The van der Waals surface area contributed by atoms with Gasteiger partial charge in [0.1, 0.15) is 5.75 Å². The van der Waals surface area contributed by atoms with Crippen molar-refractivity contribution in [2.24, 2.45) is 0 Å². The van der Waals surface area contributed by atoms with E-state index < -0.39 is 10.0 Å². The molecule has 7 nitrogen and oxygen atoms in total. The molecule has 4 aromatic rings. The molecular weight excluding hydrogens is 654 g/mol. The summed E-state index contributed by atoms with van der Waals surface area (Å²) < 4.78 is 37.2. The van der Waals surface area contributed by atoms with E-state index in [9.17, 15) is 13.2 Å². The molecule has 0 aromatic heterocycles. The lowest BCUT2D eigenvalue weighted by atomic mass is 9.89. The Labute approximate surface area is 297 Å². The second-order valence-electron chi connectivity index (χ2n) is 13.4. The van der Waals surface area contributed by atoms with Gasteiger partial charge < -0.3 is 15.4 Å². The average Bonchev–Trinajstić information content (AvgIpc) is 3.06. The van der Waals surface area contributed by atoms with Gasteiger partial charge in [0, 0.05) is 16.3 Å². The third-order valence-corrected chi connectivity index (χ3v) is 10.1. The highest BCUT2D eigenvalue weighted by atomic mass is 35.5. The third kappa shape index (κ3) is 10.2. The topological polar surface area (TPSA) is 96.5 Å². The molecule has 0 saturated carbocycles. The van der Waals surface area contributed by atoms with Crippen LogP contribution in [0, 0.1) is 0 Å². The number of carbonyl (C=O) groups is 1. The van der Waals surface area contributed by atoms with Gasteiger partial charge in [-0.05, 0) is 108 Å². The maximum absolute atomic E-state index is 14.2. The van der Waals surface area contributed by atoms with Crippen molar-refractivity contribution in [2.75, 3.05) is 22.0 Å². The second kappa shape index (κ2) is 17.1. The van der Waals surface area contributed by atoms with Crippen LogP contribution in [-0.4, -0.2) is 20.9 Å². The minimum atomic E-state index is -4.01. The summed E-state index contributed by atoms with van der Waals surface area (Å²) in [5.41, 5.74) is 5.18. The van der Waals surface area contributed by atoms with E-state index in [4.69, 9.17) is 16.3 Å². The molecule has 0 saturated heterocycles. The van der Waals surface area contributed by atoms with Crippen molar-refractivity contribution < 1.29 is 17.9 Å². The first kappa shape index (κ1) is 37.8. The first-order valence-electron chi connectivity index (χ1n) is 17.2.